The van der Waals surface area contributed by atoms with Crippen LogP contribution < -0.4 is 10.2 Å². The SMILES string of the molecule is CCN(c1cccc(C)c1)c1ccc(NC(=O)c2ccc(F)c(F)c2F)cn1. The first-order valence-corrected chi connectivity index (χ1v) is 8.65. The van der Waals surface area contributed by atoms with Crippen LogP contribution in [0.4, 0.5) is 30.4 Å². The number of nitrogens with one attached hydrogen (secondary N) is 1. The van der Waals surface area contributed by atoms with Crippen LogP contribution in [0.15, 0.2) is 54.7 Å². The van der Waals surface area contributed by atoms with E-state index in [-0.39, 0.29) is 0 Å². The number of carbonyl (C=O) groups excluding carboxylic acids is 1. The lowest BCUT2D eigenvalue weighted by atomic mass is 10.2. The van der Waals surface area contributed by atoms with Gasteiger partial charge in [-0.05, 0) is 55.8 Å². The van der Waals surface area contributed by atoms with Crippen LogP contribution in [0.25, 0.3) is 0 Å². The van der Waals surface area contributed by atoms with E-state index >= 15 is 0 Å². The van der Waals surface area contributed by atoms with Crippen molar-refractivity contribution in [3.8, 4) is 0 Å². The summed E-state index contributed by atoms with van der Waals surface area (Å²) in [5, 5.41) is 2.43. The van der Waals surface area contributed by atoms with E-state index in [4.69, 9.17) is 0 Å². The van der Waals surface area contributed by atoms with E-state index < -0.39 is 28.9 Å². The highest BCUT2D eigenvalue weighted by Gasteiger charge is 2.19. The number of pyridine rings is 1. The summed E-state index contributed by atoms with van der Waals surface area (Å²) in [7, 11) is 0. The fourth-order valence-corrected chi connectivity index (χ4v) is 2.79. The predicted octanol–water partition coefficient (Wildman–Crippen LogP) is 5.22. The first-order valence-electron chi connectivity index (χ1n) is 8.65. The standard InChI is InChI=1S/C21H18F3N3O/c1-3-27(15-6-4-5-13(2)11-15)18-10-7-14(12-25-18)26-21(28)16-8-9-17(22)20(24)19(16)23/h4-12H,3H2,1-2H3,(H,26,28). The number of carbonyl (C=O) groups is 1. The van der Waals surface area contributed by atoms with E-state index in [2.05, 4.69) is 10.3 Å². The van der Waals surface area contributed by atoms with Crippen LogP contribution in [0.1, 0.15) is 22.8 Å². The summed E-state index contributed by atoms with van der Waals surface area (Å²) >= 11 is 0. The number of aromatic nitrogens is 1. The highest BCUT2D eigenvalue weighted by molar-refractivity contribution is 6.04. The number of amides is 1. The smallest absolute Gasteiger partial charge is 0.258 e. The van der Waals surface area contributed by atoms with Crippen LogP contribution in [-0.2, 0) is 0 Å². The molecule has 0 spiro atoms. The summed E-state index contributed by atoms with van der Waals surface area (Å²) in [5.41, 5.74) is 1.82. The van der Waals surface area contributed by atoms with Gasteiger partial charge in [0.2, 0.25) is 0 Å². The number of aryl methyl sites for hydroxylation is 1. The van der Waals surface area contributed by atoms with Crippen molar-refractivity contribution in [2.24, 2.45) is 0 Å². The number of halogens is 3. The Labute approximate surface area is 160 Å². The number of anilines is 3. The lowest BCUT2D eigenvalue weighted by molar-refractivity contribution is 0.102. The second-order valence-corrected chi connectivity index (χ2v) is 6.17. The van der Waals surface area contributed by atoms with Gasteiger partial charge < -0.3 is 10.2 Å². The normalized spacial score (nSPS) is 10.6. The van der Waals surface area contributed by atoms with E-state index in [9.17, 15) is 18.0 Å². The molecule has 144 valence electrons. The van der Waals surface area contributed by atoms with Crippen molar-refractivity contribution < 1.29 is 18.0 Å². The summed E-state index contributed by atoms with van der Waals surface area (Å²) in [6, 6.07) is 12.9. The van der Waals surface area contributed by atoms with Gasteiger partial charge in [0, 0.05) is 12.2 Å². The van der Waals surface area contributed by atoms with Gasteiger partial charge in [-0.25, -0.2) is 18.2 Å². The quantitative estimate of drug-likeness (QED) is 0.613. The summed E-state index contributed by atoms with van der Waals surface area (Å²) in [5.74, 6) is -4.78. The van der Waals surface area contributed by atoms with Gasteiger partial charge in [0.15, 0.2) is 17.5 Å². The second-order valence-electron chi connectivity index (χ2n) is 6.17. The van der Waals surface area contributed by atoms with Crippen LogP contribution in [0.3, 0.4) is 0 Å². The van der Waals surface area contributed by atoms with E-state index in [1.54, 1.807) is 12.1 Å². The predicted molar refractivity (Wildman–Crippen MR) is 102 cm³/mol. The van der Waals surface area contributed by atoms with Gasteiger partial charge in [-0.2, -0.15) is 0 Å². The zero-order valence-corrected chi connectivity index (χ0v) is 15.3. The van der Waals surface area contributed by atoms with Crippen molar-refractivity contribution in [2.75, 3.05) is 16.8 Å². The minimum Gasteiger partial charge on any atom is -0.327 e. The van der Waals surface area contributed by atoms with Crippen molar-refractivity contribution in [1.82, 2.24) is 4.98 Å². The lowest BCUT2D eigenvalue weighted by Gasteiger charge is -2.22. The number of rotatable bonds is 5. The van der Waals surface area contributed by atoms with Crippen LogP contribution in [0.5, 0.6) is 0 Å². The molecule has 0 unspecified atom stereocenters. The molecule has 0 aliphatic carbocycles. The Morgan fingerprint density at radius 2 is 1.86 bits per heavy atom. The van der Waals surface area contributed by atoms with Crippen molar-refractivity contribution >= 4 is 23.1 Å². The molecule has 0 saturated carbocycles. The Kier molecular flexibility index (Phi) is 5.63. The highest BCUT2D eigenvalue weighted by Crippen LogP contribution is 2.25. The molecule has 3 rings (SSSR count). The van der Waals surface area contributed by atoms with Gasteiger partial charge in [-0.15, -0.1) is 0 Å². The molecule has 0 fully saturated rings. The van der Waals surface area contributed by atoms with Gasteiger partial charge >= 0.3 is 0 Å². The van der Waals surface area contributed by atoms with Gasteiger partial charge in [0.1, 0.15) is 5.82 Å². The van der Waals surface area contributed by atoms with Crippen LogP contribution >= 0.6 is 0 Å². The Hall–Kier alpha value is -3.35. The van der Waals surface area contributed by atoms with Crippen LogP contribution in [-0.4, -0.2) is 17.4 Å². The first kappa shape index (κ1) is 19.4. The summed E-state index contributed by atoms with van der Waals surface area (Å²) in [4.78, 5) is 18.5. The first-order chi connectivity index (χ1) is 13.4. The zero-order valence-electron chi connectivity index (χ0n) is 15.3. The number of benzene rings is 2. The summed E-state index contributed by atoms with van der Waals surface area (Å²) in [6.45, 7) is 4.68. The average Bonchev–Trinajstić information content (AvgIpc) is 2.68. The molecule has 0 aliphatic heterocycles. The molecule has 7 heteroatoms. The molecule has 0 aliphatic rings. The minimum atomic E-state index is -1.68. The summed E-state index contributed by atoms with van der Waals surface area (Å²) in [6.07, 6.45) is 1.42. The van der Waals surface area contributed by atoms with Crippen molar-refractivity contribution in [1.29, 1.82) is 0 Å². The maximum atomic E-state index is 13.8. The Balaban J connectivity index is 1.79. The van der Waals surface area contributed by atoms with E-state index in [1.807, 2.05) is 43.0 Å². The molecule has 1 N–H and O–H groups in total. The van der Waals surface area contributed by atoms with E-state index in [1.165, 1.54) is 6.20 Å². The molecule has 1 aromatic heterocycles. The molecule has 3 aromatic rings. The van der Waals surface area contributed by atoms with Crippen LogP contribution in [0, 0.1) is 24.4 Å². The van der Waals surface area contributed by atoms with Gasteiger partial charge in [0.25, 0.3) is 5.91 Å². The fraction of sp³-hybridized carbons (Fsp3) is 0.143. The van der Waals surface area contributed by atoms with E-state index in [0.29, 0.717) is 24.1 Å². The Bertz CT molecular complexity index is 1010. The van der Waals surface area contributed by atoms with Gasteiger partial charge in [-0.1, -0.05) is 12.1 Å². The molecule has 2 aromatic carbocycles. The topological polar surface area (TPSA) is 45.2 Å². The third-order valence-corrected chi connectivity index (χ3v) is 4.19. The monoisotopic (exact) mass is 385 g/mol. The van der Waals surface area contributed by atoms with Gasteiger partial charge in [-0.3, -0.25) is 4.79 Å². The molecule has 28 heavy (non-hydrogen) atoms. The van der Waals surface area contributed by atoms with Crippen LogP contribution in [0.2, 0.25) is 0 Å². The molecule has 0 radical (unpaired) electrons. The summed E-state index contributed by atoms with van der Waals surface area (Å²) < 4.78 is 40.1. The lowest BCUT2D eigenvalue weighted by Crippen LogP contribution is -2.18. The molecule has 0 atom stereocenters. The molecule has 4 nitrogen and oxygen atoms in total. The molecular weight excluding hydrogens is 367 g/mol. The average molecular weight is 385 g/mol. The number of nitrogens with zero attached hydrogens (tertiary/aromatic N) is 2. The van der Waals surface area contributed by atoms with Crippen molar-refractivity contribution in [3.05, 3.63) is 83.3 Å². The Morgan fingerprint density at radius 1 is 1.07 bits per heavy atom. The minimum absolute atomic E-state index is 0.304. The highest BCUT2D eigenvalue weighted by atomic mass is 19.2. The Morgan fingerprint density at radius 3 is 2.50 bits per heavy atom. The number of hydrogen-bond acceptors (Lipinski definition) is 3. The fourth-order valence-electron chi connectivity index (χ4n) is 2.79. The third kappa shape index (κ3) is 3.98. The van der Waals surface area contributed by atoms with E-state index in [0.717, 1.165) is 17.3 Å². The number of hydrogen-bond donors (Lipinski definition) is 1. The maximum absolute atomic E-state index is 13.8. The molecule has 1 amide bonds. The third-order valence-electron chi connectivity index (χ3n) is 4.19. The molecule has 0 saturated heterocycles. The van der Waals surface area contributed by atoms with Crippen molar-refractivity contribution in [3.63, 3.8) is 0 Å². The zero-order chi connectivity index (χ0) is 20.3. The largest absolute Gasteiger partial charge is 0.327 e. The second kappa shape index (κ2) is 8.12. The maximum Gasteiger partial charge on any atom is 0.258 e. The molecule has 0 bridgehead atoms. The molecule has 1 heterocycles. The molecular formula is C21H18F3N3O. The van der Waals surface area contributed by atoms with Crippen molar-refractivity contribution in [2.45, 2.75) is 13.8 Å². The van der Waals surface area contributed by atoms with Gasteiger partial charge in [0.05, 0.1) is 17.4 Å².